The van der Waals surface area contributed by atoms with Crippen LogP contribution in [0.5, 0.6) is 5.75 Å². The molecule has 4 rings (SSSR count). The second-order valence-electron chi connectivity index (χ2n) is 8.49. The fourth-order valence-electron chi connectivity index (χ4n) is 3.83. The Morgan fingerprint density at radius 1 is 1.02 bits per heavy atom. The summed E-state index contributed by atoms with van der Waals surface area (Å²) >= 11 is 7.64. The number of carbonyl (C=O) groups is 1. The van der Waals surface area contributed by atoms with Gasteiger partial charge >= 0.3 is 0 Å². The lowest BCUT2D eigenvalue weighted by molar-refractivity contribution is -0.385. The van der Waals surface area contributed by atoms with E-state index in [1.165, 1.54) is 56.1 Å². The number of rotatable bonds is 10. The molecule has 0 atom stereocenters. The van der Waals surface area contributed by atoms with Gasteiger partial charge in [0.25, 0.3) is 15.7 Å². The third-order valence-corrected chi connectivity index (χ3v) is 8.87. The van der Waals surface area contributed by atoms with E-state index in [9.17, 15) is 23.3 Å². The highest BCUT2D eigenvalue weighted by molar-refractivity contribution is 7.99. The minimum Gasteiger partial charge on any atom is -0.495 e. The first-order valence-corrected chi connectivity index (χ1v) is 14.5. The Bertz CT molecular complexity index is 1670. The lowest BCUT2D eigenvalue weighted by Crippen LogP contribution is -2.38. The number of anilines is 2. The SMILES string of the molecule is COc1ccc(Cl)cc1N(CC(=O)Nc1ccccc1Sc1ccccc1)S(=O)(=O)c1ccc(C)c([N+](=O)[O-])c1. The Hall–Kier alpha value is -4.06. The summed E-state index contributed by atoms with van der Waals surface area (Å²) in [5.74, 6) is -0.504. The maximum absolute atomic E-state index is 13.9. The first kappa shape index (κ1) is 28.9. The highest BCUT2D eigenvalue weighted by Gasteiger charge is 2.31. The Kier molecular flexibility index (Phi) is 8.98. The number of aryl methyl sites for hydroxylation is 1. The molecule has 0 bridgehead atoms. The molecule has 9 nitrogen and oxygen atoms in total. The predicted octanol–water partition coefficient (Wildman–Crippen LogP) is 6.55. The van der Waals surface area contributed by atoms with Crippen LogP contribution >= 0.6 is 23.4 Å². The van der Waals surface area contributed by atoms with Crippen molar-refractivity contribution in [3.63, 3.8) is 0 Å². The zero-order valence-electron chi connectivity index (χ0n) is 21.4. The molecule has 0 aliphatic rings. The minimum atomic E-state index is -4.50. The Balaban J connectivity index is 1.72. The van der Waals surface area contributed by atoms with Crippen molar-refractivity contribution in [3.05, 3.63) is 112 Å². The highest BCUT2D eigenvalue weighted by atomic mass is 35.5. The number of sulfonamides is 1. The molecule has 4 aromatic rings. The van der Waals surface area contributed by atoms with Crippen LogP contribution in [-0.4, -0.2) is 32.9 Å². The summed E-state index contributed by atoms with van der Waals surface area (Å²) in [6.45, 7) is 0.843. The lowest BCUT2D eigenvalue weighted by atomic mass is 10.2. The topological polar surface area (TPSA) is 119 Å². The molecule has 4 aromatic carbocycles. The van der Waals surface area contributed by atoms with Gasteiger partial charge in [-0.2, -0.15) is 0 Å². The normalized spacial score (nSPS) is 11.1. The quantitative estimate of drug-likeness (QED) is 0.163. The van der Waals surface area contributed by atoms with Crippen molar-refractivity contribution in [1.82, 2.24) is 0 Å². The fourth-order valence-corrected chi connectivity index (χ4v) is 6.36. The number of hydrogen-bond acceptors (Lipinski definition) is 7. The van der Waals surface area contributed by atoms with Crippen molar-refractivity contribution in [3.8, 4) is 5.75 Å². The van der Waals surface area contributed by atoms with Crippen molar-refractivity contribution < 1.29 is 22.9 Å². The van der Waals surface area contributed by atoms with Crippen LogP contribution in [-0.2, 0) is 14.8 Å². The van der Waals surface area contributed by atoms with Crippen LogP contribution in [0.2, 0.25) is 5.02 Å². The molecule has 1 N–H and O–H groups in total. The zero-order chi connectivity index (χ0) is 28.9. The number of nitrogens with one attached hydrogen (secondary N) is 1. The average Bonchev–Trinajstić information content (AvgIpc) is 2.93. The molecule has 0 radical (unpaired) electrons. The van der Waals surface area contributed by atoms with Crippen LogP contribution in [0.1, 0.15) is 5.56 Å². The molecule has 0 aliphatic carbocycles. The third kappa shape index (κ3) is 6.56. The molecule has 0 aromatic heterocycles. The van der Waals surface area contributed by atoms with Crippen LogP contribution in [0.4, 0.5) is 17.1 Å². The van der Waals surface area contributed by atoms with Gasteiger partial charge in [-0.15, -0.1) is 0 Å². The van der Waals surface area contributed by atoms with Gasteiger partial charge < -0.3 is 10.1 Å². The summed E-state index contributed by atoms with van der Waals surface area (Å²) in [7, 11) is -3.15. The Labute approximate surface area is 240 Å². The Morgan fingerprint density at radius 3 is 2.42 bits per heavy atom. The molecule has 0 saturated heterocycles. The molecular formula is C28H24ClN3O6S2. The van der Waals surface area contributed by atoms with Gasteiger partial charge in [0.2, 0.25) is 5.91 Å². The van der Waals surface area contributed by atoms with Crippen LogP contribution in [0, 0.1) is 17.0 Å². The molecule has 40 heavy (non-hydrogen) atoms. The summed E-state index contributed by atoms with van der Waals surface area (Å²) in [5.41, 5.74) is 0.416. The molecule has 1 amide bonds. The monoisotopic (exact) mass is 597 g/mol. The zero-order valence-corrected chi connectivity index (χ0v) is 23.8. The largest absolute Gasteiger partial charge is 0.495 e. The molecule has 0 fully saturated rings. The second kappa shape index (κ2) is 12.4. The molecule has 0 saturated carbocycles. The van der Waals surface area contributed by atoms with Gasteiger partial charge in [0, 0.05) is 26.4 Å². The van der Waals surface area contributed by atoms with Crippen molar-refractivity contribution in [2.24, 2.45) is 0 Å². The van der Waals surface area contributed by atoms with Crippen LogP contribution < -0.4 is 14.4 Å². The van der Waals surface area contributed by atoms with E-state index >= 15 is 0 Å². The van der Waals surface area contributed by atoms with E-state index in [1.807, 2.05) is 42.5 Å². The van der Waals surface area contributed by atoms with Gasteiger partial charge in [-0.25, -0.2) is 8.42 Å². The number of nitro benzene ring substituents is 1. The molecule has 12 heteroatoms. The number of carbonyl (C=O) groups excluding carboxylic acids is 1. The second-order valence-corrected chi connectivity index (χ2v) is 11.9. The van der Waals surface area contributed by atoms with Crippen molar-refractivity contribution >= 4 is 56.4 Å². The number of amides is 1. The molecule has 206 valence electrons. The molecule has 0 spiro atoms. The molecule has 0 aliphatic heterocycles. The minimum absolute atomic E-state index is 0.000300. The number of ether oxygens (including phenoxy) is 1. The smallest absolute Gasteiger partial charge is 0.273 e. The van der Waals surface area contributed by atoms with Gasteiger partial charge in [-0.1, -0.05) is 59.8 Å². The number of para-hydroxylation sites is 1. The van der Waals surface area contributed by atoms with E-state index in [2.05, 4.69) is 5.32 Å². The van der Waals surface area contributed by atoms with Crippen LogP contribution in [0.25, 0.3) is 0 Å². The van der Waals surface area contributed by atoms with E-state index in [0.29, 0.717) is 11.3 Å². The number of methoxy groups -OCH3 is 1. The fraction of sp³-hybridized carbons (Fsp3) is 0.107. The number of benzene rings is 4. The van der Waals surface area contributed by atoms with Crippen molar-refractivity contribution in [1.29, 1.82) is 0 Å². The van der Waals surface area contributed by atoms with Gasteiger partial charge in [-0.05, 0) is 55.5 Å². The first-order valence-electron chi connectivity index (χ1n) is 11.8. The molecule has 0 heterocycles. The first-order chi connectivity index (χ1) is 19.1. The number of hydrogen-bond donors (Lipinski definition) is 1. The van der Waals surface area contributed by atoms with Gasteiger partial charge in [-0.3, -0.25) is 19.2 Å². The molecule has 0 unspecified atom stereocenters. The van der Waals surface area contributed by atoms with E-state index in [4.69, 9.17) is 16.3 Å². The van der Waals surface area contributed by atoms with E-state index in [-0.39, 0.29) is 27.0 Å². The lowest BCUT2D eigenvalue weighted by Gasteiger charge is -2.26. The van der Waals surface area contributed by atoms with E-state index in [0.717, 1.165) is 20.2 Å². The van der Waals surface area contributed by atoms with Crippen molar-refractivity contribution in [2.45, 2.75) is 21.6 Å². The molecular weight excluding hydrogens is 574 g/mol. The van der Waals surface area contributed by atoms with Gasteiger partial charge in [0.05, 0.1) is 28.3 Å². The summed E-state index contributed by atoms with van der Waals surface area (Å²) in [4.78, 5) is 25.6. The highest BCUT2D eigenvalue weighted by Crippen LogP contribution is 2.37. The van der Waals surface area contributed by atoms with Gasteiger partial charge in [0.15, 0.2) is 0 Å². The van der Waals surface area contributed by atoms with Gasteiger partial charge in [0.1, 0.15) is 12.3 Å². The van der Waals surface area contributed by atoms with Crippen LogP contribution in [0.3, 0.4) is 0 Å². The summed E-state index contributed by atoms with van der Waals surface area (Å²) in [6, 6.07) is 24.6. The maximum atomic E-state index is 13.9. The number of nitro groups is 1. The standard InChI is InChI=1S/C28H24ClN3O6S2/c1-19-12-14-22(17-24(19)32(34)35)40(36,37)31(25-16-20(29)13-15-26(25)38-2)18-28(33)30-23-10-6-7-11-27(23)39-21-8-4-3-5-9-21/h3-17H,18H2,1-2H3,(H,30,33). The Morgan fingerprint density at radius 2 is 1.73 bits per heavy atom. The summed E-state index contributed by atoms with van der Waals surface area (Å²) in [5, 5.41) is 14.5. The van der Waals surface area contributed by atoms with Crippen molar-refractivity contribution in [2.75, 3.05) is 23.3 Å². The summed E-state index contributed by atoms with van der Waals surface area (Å²) in [6.07, 6.45) is 0. The van der Waals surface area contributed by atoms with E-state index in [1.54, 1.807) is 12.1 Å². The predicted molar refractivity (Wildman–Crippen MR) is 156 cm³/mol. The number of halogens is 1. The van der Waals surface area contributed by atoms with Crippen LogP contribution in [0.15, 0.2) is 106 Å². The maximum Gasteiger partial charge on any atom is 0.273 e. The average molecular weight is 598 g/mol. The van der Waals surface area contributed by atoms with E-state index < -0.39 is 27.4 Å². The number of nitrogens with zero attached hydrogens (tertiary/aromatic N) is 2. The summed E-state index contributed by atoms with van der Waals surface area (Å²) < 4.78 is 34.0. The third-order valence-electron chi connectivity index (χ3n) is 5.79.